The summed E-state index contributed by atoms with van der Waals surface area (Å²) < 4.78 is 7.92. The average Bonchev–Trinajstić information content (AvgIpc) is 3.52. The maximum absolute atomic E-state index is 13.7. The second-order valence-electron chi connectivity index (χ2n) is 9.99. The van der Waals surface area contributed by atoms with Gasteiger partial charge in [0.05, 0.1) is 6.61 Å². The Bertz CT molecular complexity index is 1280. The second kappa shape index (κ2) is 10.7. The largest absolute Gasteiger partial charge is 0.461 e. The number of nitrogens with zero attached hydrogens (tertiary/aromatic N) is 1. The van der Waals surface area contributed by atoms with Crippen molar-refractivity contribution in [1.29, 1.82) is 0 Å². The molecule has 1 aliphatic rings. The summed E-state index contributed by atoms with van der Waals surface area (Å²) >= 11 is 0. The molecular formula is C32H36N2O2. The van der Waals surface area contributed by atoms with Crippen molar-refractivity contribution in [2.75, 3.05) is 13.2 Å². The molecule has 1 N–H and O–H groups in total. The van der Waals surface area contributed by atoms with Crippen LogP contribution in [0.5, 0.6) is 0 Å². The molecule has 1 saturated heterocycles. The summed E-state index contributed by atoms with van der Waals surface area (Å²) in [6, 6.07) is 26.4. The van der Waals surface area contributed by atoms with Gasteiger partial charge in [-0.1, -0.05) is 77.9 Å². The number of fused-ring (bicyclic) bond motifs is 1. The molecule has 186 valence electrons. The molecule has 2 heterocycles. The Hall–Kier alpha value is -3.37. The van der Waals surface area contributed by atoms with Crippen LogP contribution >= 0.6 is 0 Å². The Morgan fingerprint density at radius 2 is 1.61 bits per heavy atom. The van der Waals surface area contributed by atoms with Gasteiger partial charge >= 0.3 is 5.97 Å². The molecule has 0 amide bonds. The first-order valence-electron chi connectivity index (χ1n) is 13.2. The minimum atomic E-state index is -0.243. The van der Waals surface area contributed by atoms with Gasteiger partial charge in [-0.05, 0) is 63.8 Å². The maximum atomic E-state index is 13.7. The molecule has 4 nitrogen and oxygen atoms in total. The van der Waals surface area contributed by atoms with Gasteiger partial charge in [0, 0.05) is 35.0 Å². The van der Waals surface area contributed by atoms with Gasteiger partial charge < -0.3 is 14.6 Å². The highest BCUT2D eigenvalue weighted by molar-refractivity contribution is 6.00. The summed E-state index contributed by atoms with van der Waals surface area (Å²) in [4.78, 5) is 13.7. The summed E-state index contributed by atoms with van der Waals surface area (Å²) in [6.07, 6.45) is 3.40. The van der Waals surface area contributed by atoms with Crippen LogP contribution in [0.2, 0.25) is 0 Å². The lowest BCUT2D eigenvalue weighted by molar-refractivity contribution is 0.0512. The van der Waals surface area contributed by atoms with E-state index in [9.17, 15) is 4.79 Å². The van der Waals surface area contributed by atoms with E-state index in [1.165, 1.54) is 35.1 Å². The van der Waals surface area contributed by atoms with Gasteiger partial charge in [0.1, 0.15) is 5.69 Å². The number of para-hydroxylation sites is 1. The first-order valence-corrected chi connectivity index (χ1v) is 13.2. The molecule has 0 radical (unpaired) electrons. The quantitative estimate of drug-likeness (QED) is 0.283. The molecule has 1 aliphatic heterocycles. The number of nitrogens with one attached hydrogen (secondary N) is 1. The molecule has 1 atom stereocenters. The Morgan fingerprint density at radius 3 is 2.19 bits per heavy atom. The molecule has 0 saturated carbocycles. The standard InChI is InChI=1S/C32H36N2O2/c1-4-36-32(35)31-30(27-9-5-6-10-28(27)34(31)21-19-26-8-7-20-33-26)29(24-15-11-22(2)12-16-24)25-17-13-23(3)14-18-25/h5-6,9-18,26,29,33H,4,7-8,19-21H2,1-3H3. The molecule has 0 spiro atoms. The van der Waals surface area contributed by atoms with Gasteiger partial charge in [-0.25, -0.2) is 4.79 Å². The van der Waals surface area contributed by atoms with Crippen LogP contribution in [-0.2, 0) is 11.3 Å². The van der Waals surface area contributed by atoms with E-state index in [4.69, 9.17) is 4.74 Å². The van der Waals surface area contributed by atoms with Crippen LogP contribution in [0, 0.1) is 13.8 Å². The minimum Gasteiger partial charge on any atom is -0.461 e. The number of carbonyl (C=O) groups is 1. The molecule has 1 unspecified atom stereocenters. The van der Waals surface area contributed by atoms with Crippen molar-refractivity contribution >= 4 is 16.9 Å². The third kappa shape index (κ3) is 4.83. The minimum absolute atomic E-state index is 0.0821. The van der Waals surface area contributed by atoms with E-state index in [0.29, 0.717) is 18.3 Å². The molecule has 5 rings (SSSR count). The van der Waals surface area contributed by atoms with E-state index >= 15 is 0 Å². The first-order chi connectivity index (χ1) is 17.6. The lowest BCUT2D eigenvalue weighted by atomic mass is 9.83. The SMILES string of the molecule is CCOC(=O)c1c(C(c2ccc(C)cc2)c2ccc(C)cc2)c2ccccc2n1CCC1CCCN1. The number of rotatable bonds is 8. The summed E-state index contributed by atoms with van der Waals surface area (Å²) in [7, 11) is 0. The van der Waals surface area contributed by atoms with Crippen molar-refractivity contribution in [2.24, 2.45) is 0 Å². The van der Waals surface area contributed by atoms with Crippen molar-refractivity contribution in [2.45, 2.75) is 58.5 Å². The Balaban J connectivity index is 1.74. The number of hydrogen-bond donors (Lipinski definition) is 1. The first kappa shape index (κ1) is 24.3. The number of ether oxygens (including phenoxy) is 1. The number of aryl methyl sites for hydroxylation is 3. The maximum Gasteiger partial charge on any atom is 0.355 e. The monoisotopic (exact) mass is 480 g/mol. The highest BCUT2D eigenvalue weighted by atomic mass is 16.5. The second-order valence-corrected chi connectivity index (χ2v) is 9.99. The number of benzene rings is 3. The number of hydrogen-bond acceptors (Lipinski definition) is 3. The van der Waals surface area contributed by atoms with Crippen molar-refractivity contribution in [3.63, 3.8) is 0 Å². The Labute approximate surface area is 214 Å². The molecule has 1 fully saturated rings. The van der Waals surface area contributed by atoms with E-state index in [-0.39, 0.29) is 11.9 Å². The van der Waals surface area contributed by atoms with Gasteiger partial charge in [-0.2, -0.15) is 0 Å². The van der Waals surface area contributed by atoms with Crippen LogP contribution in [0.4, 0.5) is 0 Å². The lowest BCUT2D eigenvalue weighted by Gasteiger charge is -2.21. The summed E-state index contributed by atoms with van der Waals surface area (Å²) in [5, 5.41) is 4.73. The van der Waals surface area contributed by atoms with E-state index in [1.54, 1.807) is 0 Å². The number of esters is 1. The summed E-state index contributed by atoms with van der Waals surface area (Å²) in [6.45, 7) is 8.31. The van der Waals surface area contributed by atoms with E-state index < -0.39 is 0 Å². The lowest BCUT2D eigenvalue weighted by Crippen LogP contribution is -2.24. The van der Waals surface area contributed by atoms with Crippen LogP contribution in [0.15, 0.2) is 72.8 Å². The fourth-order valence-electron chi connectivity index (χ4n) is 5.61. The van der Waals surface area contributed by atoms with Gasteiger partial charge in [0.25, 0.3) is 0 Å². The highest BCUT2D eigenvalue weighted by Gasteiger charge is 2.31. The summed E-state index contributed by atoms with van der Waals surface area (Å²) in [5.74, 6) is -0.325. The number of aromatic nitrogens is 1. The zero-order chi connectivity index (χ0) is 25.1. The van der Waals surface area contributed by atoms with Crippen LogP contribution < -0.4 is 5.32 Å². The van der Waals surface area contributed by atoms with Crippen molar-refractivity contribution < 1.29 is 9.53 Å². The predicted octanol–water partition coefficient (Wildman–Crippen LogP) is 6.76. The molecule has 1 aromatic heterocycles. The van der Waals surface area contributed by atoms with Gasteiger partial charge in [-0.15, -0.1) is 0 Å². The van der Waals surface area contributed by atoms with Gasteiger partial charge in [-0.3, -0.25) is 0 Å². The molecule has 0 aliphatic carbocycles. The Kier molecular flexibility index (Phi) is 7.24. The van der Waals surface area contributed by atoms with Crippen LogP contribution in [0.1, 0.15) is 70.4 Å². The van der Waals surface area contributed by atoms with Crippen LogP contribution in [0.25, 0.3) is 10.9 Å². The van der Waals surface area contributed by atoms with Gasteiger partial charge in [0.2, 0.25) is 0 Å². The molecule has 36 heavy (non-hydrogen) atoms. The molecule has 3 aromatic carbocycles. The molecule has 4 aromatic rings. The van der Waals surface area contributed by atoms with E-state index in [1.807, 2.05) is 6.92 Å². The molecule has 4 heteroatoms. The van der Waals surface area contributed by atoms with Crippen molar-refractivity contribution in [1.82, 2.24) is 9.88 Å². The number of carbonyl (C=O) groups excluding carboxylic acids is 1. The molecule has 0 bridgehead atoms. The third-order valence-corrected chi connectivity index (χ3v) is 7.45. The van der Waals surface area contributed by atoms with E-state index in [2.05, 4.69) is 96.5 Å². The van der Waals surface area contributed by atoms with E-state index in [0.717, 1.165) is 36.0 Å². The van der Waals surface area contributed by atoms with Crippen molar-refractivity contribution in [3.8, 4) is 0 Å². The van der Waals surface area contributed by atoms with Gasteiger partial charge in [0.15, 0.2) is 0 Å². The summed E-state index contributed by atoms with van der Waals surface area (Å²) in [5.41, 5.74) is 7.61. The van der Waals surface area contributed by atoms with Crippen molar-refractivity contribution in [3.05, 3.63) is 106 Å². The third-order valence-electron chi connectivity index (χ3n) is 7.45. The normalized spacial score (nSPS) is 15.6. The molecular weight excluding hydrogens is 444 g/mol. The zero-order valence-corrected chi connectivity index (χ0v) is 21.6. The topological polar surface area (TPSA) is 43.3 Å². The van der Waals surface area contributed by atoms with Crippen LogP contribution in [0.3, 0.4) is 0 Å². The predicted molar refractivity (Wildman–Crippen MR) is 147 cm³/mol. The fourth-order valence-corrected chi connectivity index (χ4v) is 5.61. The highest BCUT2D eigenvalue weighted by Crippen LogP contribution is 2.41. The van der Waals surface area contributed by atoms with Crippen LogP contribution in [-0.4, -0.2) is 29.7 Å². The fraction of sp³-hybridized carbons (Fsp3) is 0.344. The average molecular weight is 481 g/mol. The zero-order valence-electron chi connectivity index (χ0n) is 21.6. The smallest absolute Gasteiger partial charge is 0.355 e. The Morgan fingerprint density at radius 1 is 0.972 bits per heavy atom.